The maximum Gasteiger partial charge on any atom is 0.238 e. The molecule has 0 bridgehead atoms. The molecule has 3 aromatic rings. The fraction of sp³-hybridized carbons (Fsp3) is 0.160. The second kappa shape index (κ2) is 9.11. The Morgan fingerprint density at radius 1 is 0.906 bits per heavy atom. The molecule has 0 aliphatic heterocycles. The maximum atomic E-state index is 13.0. The van der Waals surface area contributed by atoms with Crippen LogP contribution in [0, 0.1) is 5.82 Å². The van der Waals surface area contributed by atoms with Gasteiger partial charge in [0.05, 0.1) is 17.8 Å². The normalized spacial score (nSPS) is 12.3. The second-order valence-electron chi connectivity index (χ2n) is 7.52. The summed E-state index contributed by atoms with van der Waals surface area (Å²) in [7, 11) is 1.76. The summed E-state index contributed by atoms with van der Waals surface area (Å²) in [6, 6.07) is 17.2. The number of carbonyl (C=O) groups is 3. The van der Waals surface area contributed by atoms with Crippen molar-refractivity contribution in [1.82, 2.24) is 4.90 Å². The molecular weight excluding hydrogens is 411 g/mol. The van der Waals surface area contributed by atoms with E-state index in [0.29, 0.717) is 35.7 Å². The van der Waals surface area contributed by atoms with Crippen molar-refractivity contribution < 1.29 is 23.5 Å². The smallest absolute Gasteiger partial charge is 0.238 e. The van der Waals surface area contributed by atoms with Crippen molar-refractivity contribution in [3.05, 3.63) is 94.8 Å². The van der Waals surface area contributed by atoms with Crippen LogP contribution in [0.25, 0.3) is 0 Å². The van der Waals surface area contributed by atoms with E-state index in [4.69, 9.17) is 4.74 Å². The topological polar surface area (TPSA) is 75.7 Å². The summed E-state index contributed by atoms with van der Waals surface area (Å²) in [4.78, 5) is 40.2. The molecule has 162 valence electrons. The maximum absolute atomic E-state index is 13.0. The Kier molecular flexibility index (Phi) is 6.09. The van der Waals surface area contributed by atoms with E-state index in [1.54, 1.807) is 54.4 Å². The largest absolute Gasteiger partial charge is 0.492 e. The van der Waals surface area contributed by atoms with Gasteiger partial charge in [-0.25, -0.2) is 4.39 Å². The number of amides is 1. The number of halogens is 1. The Hall–Kier alpha value is -3.84. The second-order valence-corrected chi connectivity index (χ2v) is 7.52. The van der Waals surface area contributed by atoms with Gasteiger partial charge < -0.3 is 10.1 Å². The van der Waals surface area contributed by atoms with E-state index in [1.807, 2.05) is 0 Å². The van der Waals surface area contributed by atoms with Gasteiger partial charge in [0.25, 0.3) is 0 Å². The van der Waals surface area contributed by atoms with Gasteiger partial charge in [0.15, 0.2) is 11.6 Å². The van der Waals surface area contributed by atoms with Crippen LogP contribution in [-0.4, -0.2) is 49.1 Å². The molecule has 32 heavy (non-hydrogen) atoms. The SMILES string of the molecule is CN(CCOc1ccc(F)cc1)CC(=O)Nc1cccc2c1C(=O)c1ccccc1C2=O. The molecule has 0 radical (unpaired) electrons. The van der Waals surface area contributed by atoms with Crippen molar-refractivity contribution in [1.29, 1.82) is 0 Å². The summed E-state index contributed by atoms with van der Waals surface area (Å²) in [6.07, 6.45) is 0. The van der Waals surface area contributed by atoms with Crippen molar-refractivity contribution in [2.45, 2.75) is 0 Å². The van der Waals surface area contributed by atoms with Gasteiger partial charge in [-0.2, -0.15) is 0 Å². The van der Waals surface area contributed by atoms with Crippen molar-refractivity contribution in [2.24, 2.45) is 0 Å². The van der Waals surface area contributed by atoms with Gasteiger partial charge in [-0.05, 0) is 37.4 Å². The van der Waals surface area contributed by atoms with Crippen LogP contribution in [0.1, 0.15) is 31.8 Å². The summed E-state index contributed by atoms with van der Waals surface area (Å²) >= 11 is 0. The lowest BCUT2D eigenvalue weighted by Gasteiger charge is -2.21. The predicted octanol–water partition coefficient (Wildman–Crippen LogP) is 3.55. The zero-order chi connectivity index (χ0) is 22.7. The molecule has 0 heterocycles. The van der Waals surface area contributed by atoms with Gasteiger partial charge in [0.2, 0.25) is 5.91 Å². The number of rotatable bonds is 7. The van der Waals surface area contributed by atoms with Gasteiger partial charge in [-0.15, -0.1) is 0 Å². The number of benzene rings is 3. The van der Waals surface area contributed by atoms with Crippen LogP contribution in [0.15, 0.2) is 66.7 Å². The molecule has 0 saturated carbocycles. The first kappa shape index (κ1) is 21.4. The Morgan fingerprint density at radius 3 is 2.28 bits per heavy atom. The Morgan fingerprint density at radius 2 is 1.56 bits per heavy atom. The van der Waals surface area contributed by atoms with Crippen LogP contribution in [0.3, 0.4) is 0 Å². The summed E-state index contributed by atoms with van der Waals surface area (Å²) in [6.45, 7) is 0.845. The zero-order valence-corrected chi connectivity index (χ0v) is 17.4. The average Bonchev–Trinajstić information content (AvgIpc) is 2.78. The molecular formula is C25H21FN2O4. The Labute approximate surface area is 184 Å². The zero-order valence-electron chi connectivity index (χ0n) is 17.4. The van der Waals surface area contributed by atoms with Crippen LogP contribution < -0.4 is 10.1 Å². The molecule has 0 atom stereocenters. The van der Waals surface area contributed by atoms with Gasteiger partial charge >= 0.3 is 0 Å². The first-order valence-electron chi connectivity index (χ1n) is 10.1. The van der Waals surface area contributed by atoms with Crippen LogP contribution >= 0.6 is 0 Å². The minimum Gasteiger partial charge on any atom is -0.492 e. The summed E-state index contributed by atoms with van der Waals surface area (Å²) in [5, 5.41) is 2.76. The van der Waals surface area contributed by atoms with Crippen molar-refractivity contribution >= 4 is 23.2 Å². The van der Waals surface area contributed by atoms with E-state index >= 15 is 0 Å². The number of nitrogens with zero attached hydrogens (tertiary/aromatic N) is 1. The number of ether oxygens (including phenoxy) is 1. The number of hydrogen-bond acceptors (Lipinski definition) is 5. The van der Waals surface area contributed by atoms with Crippen LogP contribution in [0.5, 0.6) is 5.75 Å². The summed E-state index contributed by atoms with van der Waals surface area (Å²) < 4.78 is 18.5. The first-order valence-corrected chi connectivity index (χ1v) is 10.1. The van der Waals surface area contributed by atoms with Crippen LogP contribution in [-0.2, 0) is 4.79 Å². The van der Waals surface area contributed by atoms with Gasteiger partial charge in [-0.3, -0.25) is 19.3 Å². The van der Waals surface area contributed by atoms with Crippen molar-refractivity contribution in [3.8, 4) is 5.75 Å². The summed E-state index contributed by atoms with van der Waals surface area (Å²) in [5.41, 5.74) is 1.52. The number of nitrogens with one attached hydrogen (secondary N) is 1. The van der Waals surface area contributed by atoms with E-state index in [0.717, 1.165) is 0 Å². The van der Waals surface area contributed by atoms with Crippen LogP contribution in [0.2, 0.25) is 0 Å². The van der Waals surface area contributed by atoms with E-state index < -0.39 is 0 Å². The minimum absolute atomic E-state index is 0.0647. The average molecular weight is 432 g/mol. The third-order valence-corrected chi connectivity index (χ3v) is 5.20. The van der Waals surface area contributed by atoms with Gasteiger partial charge in [-0.1, -0.05) is 36.4 Å². The van der Waals surface area contributed by atoms with Crippen molar-refractivity contribution in [3.63, 3.8) is 0 Å². The van der Waals surface area contributed by atoms with E-state index in [9.17, 15) is 18.8 Å². The molecule has 0 aromatic heterocycles. The highest BCUT2D eigenvalue weighted by atomic mass is 19.1. The molecule has 1 aliphatic rings. The lowest BCUT2D eigenvalue weighted by molar-refractivity contribution is -0.117. The number of anilines is 1. The predicted molar refractivity (Wildman–Crippen MR) is 118 cm³/mol. The quantitative estimate of drug-likeness (QED) is 0.483. The lowest BCUT2D eigenvalue weighted by atomic mass is 9.83. The number of ketones is 2. The molecule has 1 N–H and O–H groups in total. The number of carbonyl (C=O) groups excluding carboxylic acids is 3. The highest BCUT2D eigenvalue weighted by molar-refractivity contribution is 6.30. The standard InChI is InChI=1S/C25H21FN2O4/c1-28(13-14-32-17-11-9-16(26)10-12-17)15-22(29)27-21-8-4-7-20-23(21)25(31)19-6-3-2-5-18(19)24(20)30/h2-12H,13-15H2,1H3,(H,27,29). The molecule has 1 amide bonds. The Balaban J connectivity index is 1.39. The Bertz CT molecular complexity index is 1190. The highest BCUT2D eigenvalue weighted by Gasteiger charge is 2.31. The number of likely N-dealkylation sites (N-methyl/N-ethyl adjacent to an activating group) is 1. The molecule has 1 aliphatic carbocycles. The van der Waals surface area contributed by atoms with Gasteiger partial charge in [0, 0.05) is 23.2 Å². The highest BCUT2D eigenvalue weighted by Crippen LogP contribution is 2.31. The van der Waals surface area contributed by atoms with E-state index in [-0.39, 0.29) is 41.0 Å². The molecule has 0 spiro atoms. The molecule has 7 heteroatoms. The first-order chi connectivity index (χ1) is 15.4. The molecule has 0 unspecified atom stereocenters. The van der Waals surface area contributed by atoms with E-state index in [2.05, 4.69) is 5.32 Å². The molecule has 0 saturated heterocycles. The van der Waals surface area contributed by atoms with Gasteiger partial charge in [0.1, 0.15) is 18.2 Å². The third-order valence-electron chi connectivity index (χ3n) is 5.20. The fourth-order valence-corrected chi connectivity index (χ4v) is 3.61. The lowest BCUT2D eigenvalue weighted by Crippen LogP contribution is -2.33. The third kappa shape index (κ3) is 4.43. The number of fused-ring (bicyclic) bond motifs is 2. The molecule has 4 rings (SSSR count). The van der Waals surface area contributed by atoms with E-state index in [1.165, 1.54) is 24.3 Å². The molecule has 0 fully saturated rings. The van der Waals surface area contributed by atoms with Crippen molar-refractivity contribution in [2.75, 3.05) is 32.1 Å². The molecule has 6 nitrogen and oxygen atoms in total. The monoisotopic (exact) mass is 432 g/mol. The molecule has 3 aromatic carbocycles. The number of hydrogen-bond donors (Lipinski definition) is 1. The minimum atomic E-state index is -0.335. The fourth-order valence-electron chi connectivity index (χ4n) is 3.61. The summed E-state index contributed by atoms with van der Waals surface area (Å²) in [5.74, 6) is -0.628. The van der Waals surface area contributed by atoms with Crippen LogP contribution in [0.4, 0.5) is 10.1 Å².